The zero-order valence-corrected chi connectivity index (χ0v) is 17.3. The van der Waals surface area contributed by atoms with Gasteiger partial charge < -0.3 is 9.80 Å². The Bertz CT molecular complexity index is 875. The van der Waals surface area contributed by atoms with Gasteiger partial charge in [0.2, 0.25) is 0 Å². The summed E-state index contributed by atoms with van der Waals surface area (Å²) < 4.78 is 25.7. The Balaban J connectivity index is 1.79. The van der Waals surface area contributed by atoms with E-state index < -0.39 is 9.84 Å². The number of likely N-dealkylation sites (N-methyl/N-ethyl adjacent to an activating group) is 1. The predicted octanol–water partition coefficient (Wildman–Crippen LogP) is 1.84. The van der Waals surface area contributed by atoms with Crippen molar-refractivity contribution < 1.29 is 13.2 Å². The summed E-state index contributed by atoms with van der Waals surface area (Å²) in [6, 6.07) is 8.87. The maximum absolute atomic E-state index is 13.2. The molecular weight excluding hydrogens is 376 g/mol. The summed E-state index contributed by atoms with van der Waals surface area (Å²) >= 11 is 0. The molecule has 0 bridgehead atoms. The van der Waals surface area contributed by atoms with E-state index in [4.69, 9.17) is 0 Å². The van der Waals surface area contributed by atoms with E-state index in [1.54, 1.807) is 27.9 Å². The molecule has 1 aromatic heterocycles. The number of nitrogens with zero attached hydrogens (tertiary/aromatic N) is 4. The molecule has 1 unspecified atom stereocenters. The quantitative estimate of drug-likeness (QED) is 0.671. The van der Waals surface area contributed by atoms with Crippen molar-refractivity contribution in [2.75, 3.05) is 37.7 Å². The standard InChI is InChI=1S/C20H28N4O3S/c1-3-22(4-2)13-14-23(19-10-15-28(26,27)16-19)20(25)17-6-8-18(9-7-17)24-12-5-11-21-24/h5-9,11-12,19H,3-4,10,13-16H2,1-2H3. The minimum absolute atomic E-state index is 0.0579. The average molecular weight is 405 g/mol. The van der Waals surface area contributed by atoms with Crippen molar-refractivity contribution in [2.24, 2.45) is 0 Å². The Hall–Kier alpha value is -2.19. The average Bonchev–Trinajstić information content (AvgIpc) is 3.35. The third-order valence-corrected chi connectivity index (χ3v) is 7.10. The van der Waals surface area contributed by atoms with Gasteiger partial charge in [-0.15, -0.1) is 0 Å². The second-order valence-corrected chi connectivity index (χ2v) is 9.31. The van der Waals surface area contributed by atoms with E-state index in [-0.39, 0.29) is 23.5 Å². The lowest BCUT2D eigenvalue weighted by atomic mass is 10.1. The van der Waals surface area contributed by atoms with Crippen molar-refractivity contribution in [3.8, 4) is 5.69 Å². The number of hydrogen-bond acceptors (Lipinski definition) is 5. The van der Waals surface area contributed by atoms with Crippen molar-refractivity contribution in [1.82, 2.24) is 19.6 Å². The molecule has 8 heteroatoms. The first-order valence-corrected chi connectivity index (χ1v) is 11.6. The molecule has 1 atom stereocenters. The molecule has 0 N–H and O–H groups in total. The van der Waals surface area contributed by atoms with Gasteiger partial charge in [0.15, 0.2) is 9.84 Å². The lowest BCUT2D eigenvalue weighted by Gasteiger charge is -2.31. The minimum atomic E-state index is -3.06. The van der Waals surface area contributed by atoms with Gasteiger partial charge in [0.25, 0.3) is 5.91 Å². The molecule has 0 radical (unpaired) electrons. The molecule has 0 saturated carbocycles. The van der Waals surface area contributed by atoms with Gasteiger partial charge in [0, 0.05) is 37.1 Å². The van der Waals surface area contributed by atoms with E-state index >= 15 is 0 Å². The fourth-order valence-electron chi connectivity index (χ4n) is 3.60. The summed E-state index contributed by atoms with van der Waals surface area (Å²) in [7, 11) is -3.06. The molecule has 0 spiro atoms. The molecule has 28 heavy (non-hydrogen) atoms. The van der Waals surface area contributed by atoms with Crippen LogP contribution >= 0.6 is 0 Å². The highest BCUT2D eigenvalue weighted by Crippen LogP contribution is 2.21. The number of sulfone groups is 1. The van der Waals surface area contributed by atoms with E-state index in [1.807, 2.05) is 24.4 Å². The smallest absolute Gasteiger partial charge is 0.254 e. The number of benzene rings is 1. The van der Waals surface area contributed by atoms with Crippen LogP contribution in [-0.2, 0) is 9.84 Å². The zero-order chi connectivity index (χ0) is 20.1. The van der Waals surface area contributed by atoms with Crippen LogP contribution in [0.2, 0.25) is 0 Å². The summed E-state index contributed by atoms with van der Waals surface area (Å²) in [4.78, 5) is 17.2. The van der Waals surface area contributed by atoms with Crippen LogP contribution in [0.1, 0.15) is 30.6 Å². The van der Waals surface area contributed by atoms with Crippen LogP contribution in [0.15, 0.2) is 42.7 Å². The Morgan fingerprint density at radius 1 is 1.18 bits per heavy atom. The van der Waals surface area contributed by atoms with E-state index in [1.165, 1.54) is 0 Å². The first-order chi connectivity index (χ1) is 13.4. The normalized spacial score (nSPS) is 18.5. The molecule has 0 aliphatic carbocycles. The maximum atomic E-state index is 13.2. The van der Waals surface area contributed by atoms with Crippen LogP contribution in [0.3, 0.4) is 0 Å². The van der Waals surface area contributed by atoms with E-state index in [0.717, 1.165) is 25.3 Å². The van der Waals surface area contributed by atoms with Crippen molar-refractivity contribution in [1.29, 1.82) is 0 Å². The molecule has 1 saturated heterocycles. The van der Waals surface area contributed by atoms with Gasteiger partial charge >= 0.3 is 0 Å². The fourth-order valence-corrected chi connectivity index (χ4v) is 5.33. The second-order valence-electron chi connectivity index (χ2n) is 7.08. The van der Waals surface area contributed by atoms with Crippen LogP contribution in [0.25, 0.3) is 5.69 Å². The molecule has 7 nitrogen and oxygen atoms in total. The number of aromatic nitrogens is 2. The molecule has 1 aliphatic rings. The van der Waals surface area contributed by atoms with Crippen molar-refractivity contribution in [3.05, 3.63) is 48.3 Å². The van der Waals surface area contributed by atoms with Gasteiger partial charge in [-0.3, -0.25) is 4.79 Å². The topological polar surface area (TPSA) is 75.5 Å². The van der Waals surface area contributed by atoms with E-state index in [0.29, 0.717) is 18.5 Å². The van der Waals surface area contributed by atoms with Crippen LogP contribution in [-0.4, -0.2) is 77.6 Å². The second kappa shape index (κ2) is 8.87. The third-order valence-electron chi connectivity index (χ3n) is 5.34. The Labute approximate surface area is 166 Å². The molecular formula is C20H28N4O3S. The first kappa shape index (κ1) is 20.5. The molecule has 1 aromatic carbocycles. The Morgan fingerprint density at radius 3 is 2.43 bits per heavy atom. The number of amides is 1. The monoisotopic (exact) mass is 404 g/mol. The highest BCUT2D eigenvalue weighted by atomic mass is 32.2. The summed E-state index contributed by atoms with van der Waals surface area (Å²) in [5.41, 5.74) is 1.44. The van der Waals surface area contributed by atoms with E-state index in [9.17, 15) is 13.2 Å². The van der Waals surface area contributed by atoms with Crippen molar-refractivity contribution >= 4 is 15.7 Å². The minimum Gasteiger partial charge on any atom is -0.333 e. The van der Waals surface area contributed by atoms with Crippen molar-refractivity contribution in [3.63, 3.8) is 0 Å². The summed E-state index contributed by atoms with van der Waals surface area (Å²) in [5, 5.41) is 4.19. The number of carbonyl (C=O) groups is 1. The molecule has 1 aliphatic heterocycles. The largest absolute Gasteiger partial charge is 0.333 e. The Kier molecular flexibility index (Phi) is 6.51. The van der Waals surface area contributed by atoms with Crippen LogP contribution in [0.4, 0.5) is 0 Å². The molecule has 1 fully saturated rings. The van der Waals surface area contributed by atoms with Crippen LogP contribution in [0, 0.1) is 0 Å². The van der Waals surface area contributed by atoms with Gasteiger partial charge in [0.05, 0.1) is 17.2 Å². The predicted molar refractivity (Wildman–Crippen MR) is 109 cm³/mol. The van der Waals surface area contributed by atoms with E-state index in [2.05, 4.69) is 23.8 Å². The highest BCUT2D eigenvalue weighted by Gasteiger charge is 2.35. The number of carbonyl (C=O) groups excluding carboxylic acids is 1. The van der Waals surface area contributed by atoms with Gasteiger partial charge in [-0.2, -0.15) is 5.10 Å². The summed E-state index contributed by atoms with van der Waals surface area (Å²) in [5.74, 6) is 0.106. The third kappa shape index (κ3) is 4.80. The Morgan fingerprint density at radius 2 is 1.89 bits per heavy atom. The first-order valence-electron chi connectivity index (χ1n) is 9.77. The van der Waals surface area contributed by atoms with Crippen LogP contribution < -0.4 is 0 Å². The van der Waals surface area contributed by atoms with Gasteiger partial charge in [-0.25, -0.2) is 13.1 Å². The molecule has 152 valence electrons. The molecule has 2 heterocycles. The molecule has 3 rings (SSSR count). The number of hydrogen-bond donors (Lipinski definition) is 0. The summed E-state index contributed by atoms with van der Waals surface area (Å²) in [6.45, 7) is 7.25. The SMILES string of the molecule is CCN(CC)CCN(C(=O)c1ccc(-n2cccn2)cc1)C1CCS(=O)(=O)C1. The highest BCUT2D eigenvalue weighted by molar-refractivity contribution is 7.91. The fraction of sp³-hybridized carbons (Fsp3) is 0.500. The number of rotatable bonds is 8. The van der Waals surface area contributed by atoms with Gasteiger partial charge in [-0.1, -0.05) is 13.8 Å². The molecule has 1 amide bonds. The summed E-state index contributed by atoms with van der Waals surface area (Å²) in [6.07, 6.45) is 4.06. The lowest BCUT2D eigenvalue weighted by molar-refractivity contribution is 0.0674. The van der Waals surface area contributed by atoms with Crippen molar-refractivity contribution in [2.45, 2.75) is 26.3 Å². The maximum Gasteiger partial charge on any atom is 0.254 e. The van der Waals surface area contributed by atoms with Gasteiger partial charge in [-0.05, 0) is 49.8 Å². The van der Waals surface area contributed by atoms with Gasteiger partial charge in [0.1, 0.15) is 0 Å². The lowest BCUT2D eigenvalue weighted by Crippen LogP contribution is -2.45. The van der Waals surface area contributed by atoms with Crippen LogP contribution in [0.5, 0.6) is 0 Å². The molecule has 2 aromatic rings. The zero-order valence-electron chi connectivity index (χ0n) is 16.5.